The molecule has 0 aromatic carbocycles. The van der Waals surface area contributed by atoms with E-state index in [1.807, 2.05) is 12.1 Å². The summed E-state index contributed by atoms with van der Waals surface area (Å²) < 4.78 is 10.9. The molecule has 3 rings (SSSR count). The Balaban J connectivity index is 1.65. The summed E-state index contributed by atoms with van der Waals surface area (Å²) in [5.41, 5.74) is 2.20. The Morgan fingerprint density at radius 1 is 1.30 bits per heavy atom. The summed E-state index contributed by atoms with van der Waals surface area (Å²) in [6.45, 7) is 7.80. The van der Waals surface area contributed by atoms with Crippen LogP contribution >= 0.6 is 0 Å². The number of carbonyl (C=O) groups is 1. The Morgan fingerprint density at radius 3 is 2.77 bits per heavy atom. The second-order valence-corrected chi connectivity index (χ2v) is 8.40. The van der Waals surface area contributed by atoms with E-state index in [4.69, 9.17) is 9.15 Å². The van der Waals surface area contributed by atoms with Crippen LogP contribution in [0, 0.1) is 23.7 Å². The van der Waals surface area contributed by atoms with Crippen LogP contribution in [-0.4, -0.2) is 41.3 Å². The molecule has 1 amide bonds. The number of rotatable bonds is 9. The summed E-state index contributed by atoms with van der Waals surface area (Å²) in [5.74, 6) is 2.94. The molecular formula is C23H32N4O3. The lowest BCUT2D eigenvalue weighted by molar-refractivity contribution is -0.122. The molecule has 0 bridgehead atoms. The first-order chi connectivity index (χ1) is 14.5. The van der Waals surface area contributed by atoms with E-state index < -0.39 is 0 Å². The van der Waals surface area contributed by atoms with E-state index in [-0.39, 0.29) is 5.91 Å². The first-order valence-corrected chi connectivity index (χ1v) is 10.6. The van der Waals surface area contributed by atoms with Crippen LogP contribution in [0.2, 0.25) is 0 Å². The third-order valence-corrected chi connectivity index (χ3v) is 5.97. The van der Waals surface area contributed by atoms with E-state index in [0.717, 1.165) is 18.4 Å². The molecule has 30 heavy (non-hydrogen) atoms. The largest absolute Gasteiger partial charge is 0.421 e. The zero-order valence-corrected chi connectivity index (χ0v) is 18.3. The molecule has 7 heteroatoms. The van der Waals surface area contributed by atoms with Crippen molar-refractivity contribution in [2.75, 3.05) is 20.3 Å². The van der Waals surface area contributed by atoms with Crippen molar-refractivity contribution in [3.8, 4) is 11.5 Å². The van der Waals surface area contributed by atoms with Crippen LogP contribution in [0.4, 0.5) is 0 Å². The minimum atomic E-state index is 0.0435. The molecule has 7 nitrogen and oxygen atoms in total. The number of methoxy groups -OCH3 is 1. The van der Waals surface area contributed by atoms with E-state index in [0.29, 0.717) is 55.0 Å². The summed E-state index contributed by atoms with van der Waals surface area (Å²) >= 11 is 0. The van der Waals surface area contributed by atoms with E-state index in [2.05, 4.69) is 47.3 Å². The topological polar surface area (TPSA) is 90.1 Å². The van der Waals surface area contributed by atoms with Crippen molar-refractivity contribution in [2.45, 2.75) is 40.0 Å². The molecule has 2 aromatic heterocycles. The Labute approximate surface area is 178 Å². The summed E-state index contributed by atoms with van der Waals surface area (Å²) in [6, 6.07) is 3.73. The van der Waals surface area contributed by atoms with E-state index in [9.17, 15) is 4.79 Å². The summed E-state index contributed by atoms with van der Waals surface area (Å²) in [6.07, 6.45) is 7.94. The van der Waals surface area contributed by atoms with Crippen molar-refractivity contribution >= 4 is 5.91 Å². The fourth-order valence-corrected chi connectivity index (χ4v) is 4.18. The maximum absolute atomic E-state index is 12.0. The molecule has 2 aromatic rings. The zero-order chi connectivity index (χ0) is 21.5. The van der Waals surface area contributed by atoms with Crippen LogP contribution in [0.25, 0.3) is 11.5 Å². The molecule has 0 unspecified atom stereocenters. The molecule has 0 saturated carbocycles. The normalized spacial score (nSPS) is 21.5. The molecule has 1 aliphatic carbocycles. The van der Waals surface area contributed by atoms with Crippen molar-refractivity contribution in [1.29, 1.82) is 0 Å². The molecule has 0 radical (unpaired) electrons. The van der Waals surface area contributed by atoms with Crippen molar-refractivity contribution in [1.82, 2.24) is 20.5 Å². The summed E-state index contributed by atoms with van der Waals surface area (Å²) in [7, 11) is 1.61. The van der Waals surface area contributed by atoms with Crippen molar-refractivity contribution in [2.24, 2.45) is 23.7 Å². The molecule has 0 saturated heterocycles. The Hall–Kier alpha value is -2.54. The van der Waals surface area contributed by atoms with Gasteiger partial charge in [-0.25, -0.2) is 0 Å². The highest BCUT2D eigenvalue weighted by Gasteiger charge is 2.32. The Morgan fingerprint density at radius 2 is 2.07 bits per heavy atom. The number of pyridine rings is 1. The third kappa shape index (κ3) is 5.75. The molecule has 3 atom stereocenters. The van der Waals surface area contributed by atoms with Gasteiger partial charge in [0, 0.05) is 44.5 Å². The first-order valence-electron chi connectivity index (χ1n) is 10.6. The highest BCUT2D eigenvalue weighted by Crippen LogP contribution is 2.38. The van der Waals surface area contributed by atoms with Gasteiger partial charge in [-0.3, -0.25) is 9.78 Å². The average Bonchev–Trinajstić information content (AvgIpc) is 3.21. The number of carbonyl (C=O) groups excluding carboxylic acids is 1. The van der Waals surface area contributed by atoms with E-state index >= 15 is 0 Å². The van der Waals surface area contributed by atoms with Gasteiger partial charge in [-0.05, 0) is 49.1 Å². The van der Waals surface area contributed by atoms with Crippen LogP contribution in [0.3, 0.4) is 0 Å². The predicted octanol–water partition coefficient (Wildman–Crippen LogP) is 3.68. The van der Waals surface area contributed by atoms with Gasteiger partial charge in [0.05, 0.1) is 6.61 Å². The molecule has 1 aliphatic rings. The third-order valence-electron chi connectivity index (χ3n) is 5.97. The quantitative estimate of drug-likeness (QED) is 0.632. The van der Waals surface area contributed by atoms with Gasteiger partial charge in [0.2, 0.25) is 17.7 Å². The highest BCUT2D eigenvalue weighted by atomic mass is 16.5. The van der Waals surface area contributed by atoms with Gasteiger partial charge in [-0.15, -0.1) is 10.2 Å². The minimum Gasteiger partial charge on any atom is -0.421 e. The molecule has 1 N–H and O–H groups in total. The maximum Gasteiger partial charge on any atom is 0.247 e. The van der Waals surface area contributed by atoms with Gasteiger partial charge in [-0.1, -0.05) is 25.5 Å². The van der Waals surface area contributed by atoms with Gasteiger partial charge in [0.25, 0.3) is 0 Å². The molecule has 0 spiro atoms. The highest BCUT2D eigenvalue weighted by molar-refractivity contribution is 5.75. The van der Waals surface area contributed by atoms with Crippen LogP contribution < -0.4 is 5.32 Å². The monoisotopic (exact) mass is 412 g/mol. The SMILES string of the molecule is COCCC(=O)NC[C@@H]1C=C(C)[C@H](Cc2nnc(-c3ccncc3)o2)C[C@H]1C(C)C. The fourth-order valence-electron chi connectivity index (χ4n) is 4.18. The first kappa shape index (κ1) is 22.2. The summed E-state index contributed by atoms with van der Waals surface area (Å²) in [5, 5.41) is 11.5. The molecular weight excluding hydrogens is 380 g/mol. The second kappa shape index (κ2) is 10.5. The van der Waals surface area contributed by atoms with Gasteiger partial charge in [0.15, 0.2) is 0 Å². The maximum atomic E-state index is 12.0. The number of allylic oxidation sites excluding steroid dienone is 1. The smallest absolute Gasteiger partial charge is 0.247 e. The standard InChI is InChI=1S/C23H32N4O3/c1-15(2)20-12-18(16(3)11-19(20)14-25-21(28)7-10-29-4)13-22-26-27-23(30-22)17-5-8-24-9-6-17/h5-6,8-9,11,15,18-20H,7,10,12-14H2,1-4H3,(H,25,28)/t18-,19-,20-/m0/s1. The number of hydrogen-bond donors (Lipinski definition) is 1. The van der Waals surface area contributed by atoms with Crippen LogP contribution in [-0.2, 0) is 16.0 Å². The van der Waals surface area contributed by atoms with Crippen molar-refractivity contribution in [3.05, 3.63) is 42.1 Å². The summed E-state index contributed by atoms with van der Waals surface area (Å²) in [4.78, 5) is 16.0. The number of aromatic nitrogens is 3. The van der Waals surface area contributed by atoms with Gasteiger partial charge >= 0.3 is 0 Å². The Kier molecular flexibility index (Phi) is 7.74. The number of ether oxygens (including phenoxy) is 1. The van der Waals surface area contributed by atoms with Crippen LogP contribution in [0.1, 0.15) is 39.5 Å². The minimum absolute atomic E-state index is 0.0435. The van der Waals surface area contributed by atoms with Gasteiger partial charge in [-0.2, -0.15) is 0 Å². The van der Waals surface area contributed by atoms with E-state index in [1.165, 1.54) is 5.57 Å². The molecule has 2 heterocycles. The lowest BCUT2D eigenvalue weighted by atomic mass is 9.70. The number of nitrogens with one attached hydrogen (secondary N) is 1. The fraction of sp³-hybridized carbons (Fsp3) is 0.565. The van der Waals surface area contributed by atoms with Gasteiger partial charge < -0.3 is 14.5 Å². The molecule has 0 aliphatic heterocycles. The van der Waals surface area contributed by atoms with Gasteiger partial charge in [0.1, 0.15) is 0 Å². The zero-order valence-electron chi connectivity index (χ0n) is 18.3. The van der Waals surface area contributed by atoms with Crippen LogP contribution in [0.5, 0.6) is 0 Å². The number of amides is 1. The Bertz CT molecular complexity index is 847. The molecule has 0 fully saturated rings. The lowest BCUT2D eigenvalue weighted by Gasteiger charge is -2.37. The second-order valence-electron chi connectivity index (χ2n) is 8.40. The predicted molar refractivity (Wildman–Crippen MR) is 114 cm³/mol. The average molecular weight is 413 g/mol. The van der Waals surface area contributed by atoms with Crippen LogP contribution in [0.15, 0.2) is 40.6 Å². The molecule has 162 valence electrons. The number of nitrogens with zero attached hydrogens (tertiary/aromatic N) is 3. The van der Waals surface area contributed by atoms with Crippen molar-refractivity contribution in [3.63, 3.8) is 0 Å². The lowest BCUT2D eigenvalue weighted by Crippen LogP contribution is -2.37. The van der Waals surface area contributed by atoms with E-state index in [1.54, 1.807) is 19.5 Å². The van der Waals surface area contributed by atoms with Crippen molar-refractivity contribution < 1.29 is 13.9 Å². The number of hydrogen-bond acceptors (Lipinski definition) is 6.